The van der Waals surface area contributed by atoms with Crippen LogP contribution in [0, 0.1) is 0 Å². The maximum atomic E-state index is 10.4. The van der Waals surface area contributed by atoms with Crippen molar-refractivity contribution in [3.8, 4) is 11.5 Å². The molecular weight excluding hydrogens is 266 g/mol. The van der Waals surface area contributed by atoms with Gasteiger partial charge in [-0.3, -0.25) is 0 Å². The van der Waals surface area contributed by atoms with Crippen molar-refractivity contribution in [1.82, 2.24) is 5.32 Å². The lowest BCUT2D eigenvalue weighted by atomic mass is 10.0. The van der Waals surface area contributed by atoms with E-state index in [0.29, 0.717) is 13.1 Å². The maximum Gasteiger partial charge on any atom is 0.127 e. The molecule has 2 aliphatic rings. The number of hydrogen-bond donors (Lipinski definition) is 2. The third-order valence-electron chi connectivity index (χ3n) is 4.58. The first-order valence-electron chi connectivity index (χ1n) is 7.89. The fraction of sp³-hybridized carbons (Fsp3) is 0.647. The lowest BCUT2D eigenvalue weighted by molar-refractivity contribution is 0.0474. The van der Waals surface area contributed by atoms with Gasteiger partial charge in [-0.25, -0.2) is 0 Å². The minimum absolute atomic E-state index is 0.227. The van der Waals surface area contributed by atoms with Gasteiger partial charge in [0.05, 0.1) is 12.7 Å². The number of nitrogens with one attached hydrogen (secondary N) is 1. The Morgan fingerprint density at radius 2 is 2.14 bits per heavy atom. The first-order chi connectivity index (χ1) is 10.1. The van der Waals surface area contributed by atoms with Crippen molar-refractivity contribution in [3.05, 3.63) is 23.3 Å². The predicted molar refractivity (Wildman–Crippen MR) is 81.9 cm³/mol. The Labute approximate surface area is 126 Å². The van der Waals surface area contributed by atoms with Gasteiger partial charge in [0.1, 0.15) is 17.6 Å². The molecule has 1 heterocycles. The molecule has 4 nitrogen and oxygen atoms in total. The van der Waals surface area contributed by atoms with Gasteiger partial charge in [-0.2, -0.15) is 0 Å². The number of hydrogen-bond acceptors (Lipinski definition) is 4. The minimum atomic E-state index is -0.518. The topological polar surface area (TPSA) is 50.7 Å². The van der Waals surface area contributed by atoms with Gasteiger partial charge < -0.3 is 19.9 Å². The maximum absolute atomic E-state index is 10.4. The van der Waals surface area contributed by atoms with Crippen LogP contribution in [0.3, 0.4) is 0 Å². The molecule has 1 aromatic carbocycles. The van der Waals surface area contributed by atoms with Crippen LogP contribution in [0.1, 0.15) is 43.7 Å². The van der Waals surface area contributed by atoms with E-state index in [1.807, 2.05) is 6.07 Å². The smallest absolute Gasteiger partial charge is 0.127 e. The molecule has 2 N–H and O–H groups in total. The molecule has 1 aliphatic heterocycles. The molecule has 0 radical (unpaired) electrons. The molecular formula is C17H25NO3. The highest BCUT2D eigenvalue weighted by molar-refractivity contribution is 5.49. The van der Waals surface area contributed by atoms with E-state index in [4.69, 9.17) is 9.47 Å². The van der Waals surface area contributed by atoms with E-state index in [1.165, 1.54) is 5.56 Å². The summed E-state index contributed by atoms with van der Waals surface area (Å²) >= 11 is 0. The molecule has 1 aromatic rings. The molecule has 4 heteroatoms. The third kappa shape index (κ3) is 3.16. The highest BCUT2D eigenvalue weighted by Crippen LogP contribution is 2.36. The van der Waals surface area contributed by atoms with Crippen LogP contribution in [-0.4, -0.2) is 30.5 Å². The second-order valence-electron chi connectivity index (χ2n) is 6.44. The average Bonchev–Trinajstić information content (AvgIpc) is 3.04. The van der Waals surface area contributed by atoms with Crippen LogP contribution in [0.15, 0.2) is 12.1 Å². The van der Waals surface area contributed by atoms with Crippen molar-refractivity contribution < 1.29 is 14.6 Å². The zero-order valence-electron chi connectivity index (χ0n) is 12.9. The SMILES string of the molecule is COc1cc(CNCC2(O)CCCC2)c2c(c1)CC(C)O2. The minimum Gasteiger partial charge on any atom is -0.497 e. The van der Waals surface area contributed by atoms with Crippen molar-refractivity contribution >= 4 is 0 Å². The Bertz CT molecular complexity index is 509. The Morgan fingerprint density at radius 3 is 2.86 bits per heavy atom. The van der Waals surface area contributed by atoms with E-state index < -0.39 is 5.60 Å². The molecule has 0 aromatic heterocycles. The molecule has 1 atom stereocenters. The van der Waals surface area contributed by atoms with Crippen LogP contribution < -0.4 is 14.8 Å². The van der Waals surface area contributed by atoms with E-state index >= 15 is 0 Å². The molecule has 21 heavy (non-hydrogen) atoms. The number of fused-ring (bicyclic) bond motifs is 1. The molecule has 116 valence electrons. The van der Waals surface area contributed by atoms with Gasteiger partial charge >= 0.3 is 0 Å². The molecule has 1 saturated carbocycles. The summed E-state index contributed by atoms with van der Waals surface area (Å²) in [5.74, 6) is 1.87. The van der Waals surface area contributed by atoms with Gasteiger partial charge in [-0.15, -0.1) is 0 Å². The quantitative estimate of drug-likeness (QED) is 0.875. The van der Waals surface area contributed by atoms with Crippen LogP contribution in [0.2, 0.25) is 0 Å². The summed E-state index contributed by atoms with van der Waals surface area (Å²) in [5, 5.41) is 13.8. The van der Waals surface area contributed by atoms with Crippen LogP contribution >= 0.6 is 0 Å². The largest absolute Gasteiger partial charge is 0.497 e. The first kappa shape index (κ1) is 14.7. The molecule has 1 fully saturated rings. The number of ether oxygens (including phenoxy) is 2. The molecule has 0 bridgehead atoms. The van der Waals surface area contributed by atoms with Crippen LogP contribution in [0.25, 0.3) is 0 Å². The number of benzene rings is 1. The van der Waals surface area contributed by atoms with Crippen molar-refractivity contribution in [3.63, 3.8) is 0 Å². The number of rotatable bonds is 5. The fourth-order valence-electron chi connectivity index (χ4n) is 3.47. The van der Waals surface area contributed by atoms with Gasteiger partial charge in [-0.1, -0.05) is 12.8 Å². The lowest BCUT2D eigenvalue weighted by Gasteiger charge is -2.23. The monoisotopic (exact) mass is 291 g/mol. The molecule has 0 spiro atoms. The number of methoxy groups -OCH3 is 1. The highest BCUT2D eigenvalue weighted by atomic mass is 16.5. The normalized spacial score (nSPS) is 22.9. The van der Waals surface area contributed by atoms with Gasteiger partial charge in [0, 0.05) is 30.6 Å². The fourth-order valence-corrected chi connectivity index (χ4v) is 3.47. The van der Waals surface area contributed by atoms with Crippen molar-refractivity contribution in [2.45, 2.75) is 57.3 Å². The molecule has 1 aliphatic carbocycles. The average molecular weight is 291 g/mol. The Morgan fingerprint density at radius 1 is 1.38 bits per heavy atom. The second kappa shape index (κ2) is 5.85. The van der Waals surface area contributed by atoms with Gasteiger partial charge in [0.25, 0.3) is 0 Å². The molecule has 1 unspecified atom stereocenters. The van der Waals surface area contributed by atoms with Crippen LogP contribution in [0.5, 0.6) is 11.5 Å². The zero-order chi connectivity index (χ0) is 14.9. The lowest BCUT2D eigenvalue weighted by Crippen LogP contribution is -2.37. The summed E-state index contributed by atoms with van der Waals surface area (Å²) in [6.45, 7) is 3.44. The standard InChI is InChI=1S/C17H25NO3/c1-12-7-13-8-15(20-2)9-14(16(13)21-12)10-18-11-17(19)5-3-4-6-17/h8-9,12,18-19H,3-7,10-11H2,1-2H3. The first-order valence-corrected chi connectivity index (χ1v) is 7.89. The number of aliphatic hydroxyl groups is 1. The van der Waals surface area contributed by atoms with Gasteiger partial charge in [0.15, 0.2) is 0 Å². The van der Waals surface area contributed by atoms with Crippen LogP contribution in [0.4, 0.5) is 0 Å². The summed E-state index contributed by atoms with van der Waals surface area (Å²) in [4.78, 5) is 0. The summed E-state index contributed by atoms with van der Waals surface area (Å²) in [6, 6.07) is 4.09. The second-order valence-corrected chi connectivity index (χ2v) is 6.44. The summed E-state index contributed by atoms with van der Waals surface area (Å²) in [6.07, 6.45) is 5.24. The molecule has 3 rings (SSSR count). The Kier molecular flexibility index (Phi) is 4.09. The molecule has 0 saturated heterocycles. The van der Waals surface area contributed by atoms with Crippen molar-refractivity contribution in [1.29, 1.82) is 0 Å². The van der Waals surface area contributed by atoms with Crippen molar-refractivity contribution in [2.75, 3.05) is 13.7 Å². The molecule has 0 amide bonds. The van der Waals surface area contributed by atoms with E-state index in [2.05, 4.69) is 18.3 Å². The Balaban J connectivity index is 1.69. The third-order valence-corrected chi connectivity index (χ3v) is 4.58. The highest BCUT2D eigenvalue weighted by Gasteiger charge is 2.30. The summed E-state index contributed by atoms with van der Waals surface area (Å²) in [7, 11) is 1.69. The summed E-state index contributed by atoms with van der Waals surface area (Å²) in [5.41, 5.74) is 1.82. The summed E-state index contributed by atoms with van der Waals surface area (Å²) < 4.78 is 11.3. The van der Waals surface area contributed by atoms with E-state index in [-0.39, 0.29) is 6.10 Å². The zero-order valence-corrected chi connectivity index (χ0v) is 12.9. The predicted octanol–water partition coefficient (Wildman–Crippen LogP) is 2.41. The van der Waals surface area contributed by atoms with Crippen LogP contribution in [-0.2, 0) is 13.0 Å². The van der Waals surface area contributed by atoms with E-state index in [0.717, 1.165) is 49.2 Å². The van der Waals surface area contributed by atoms with E-state index in [1.54, 1.807) is 7.11 Å². The van der Waals surface area contributed by atoms with Gasteiger partial charge in [0.2, 0.25) is 0 Å². The van der Waals surface area contributed by atoms with Gasteiger partial charge in [-0.05, 0) is 31.9 Å². The van der Waals surface area contributed by atoms with E-state index in [9.17, 15) is 5.11 Å². The van der Waals surface area contributed by atoms with Crippen molar-refractivity contribution in [2.24, 2.45) is 0 Å². The Hall–Kier alpha value is -1.26.